The van der Waals surface area contributed by atoms with E-state index in [1.807, 2.05) is 13.1 Å². The third kappa shape index (κ3) is 0.710. The number of aromatic nitrogens is 1. The second-order valence-corrected chi connectivity index (χ2v) is 1.56. The van der Waals surface area contributed by atoms with Crippen molar-refractivity contribution >= 4 is 0 Å². The van der Waals surface area contributed by atoms with E-state index in [0.717, 1.165) is 0 Å². The van der Waals surface area contributed by atoms with Gasteiger partial charge in [0.15, 0.2) is 0 Å². The largest absolute Gasteiger partial charge is 0.348 e. The molecule has 0 N–H and O–H groups in total. The molecule has 0 atom stereocenters. The molecule has 2 nitrogen and oxygen atoms in total. The normalized spacial score (nSPS) is 8.50. The lowest BCUT2D eigenvalue weighted by molar-refractivity contribution is 0.918. The molecule has 0 aliphatic heterocycles. The summed E-state index contributed by atoms with van der Waals surface area (Å²) in [5, 5.41) is 8.26. The van der Waals surface area contributed by atoms with E-state index in [1.165, 1.54) is 0 Å². The third-order valence-corrected chi connectivity index (χ3v) is 0.882. The van der Waals surface area contributed by atoms with Crippen LogP contribution in [0.25, 0.3) is 0 Å². The summed E-state index contributed by atoms with van der Waals surface area (Å²) in [6.45, 7) is 0. The molecule has 0 aliphatic carbocycles. The van der Waals surface area contributed by atoms with Crippen LogP contribution in [0.2, 0.25) is 0 Å². The maximum absolute atomic E-state index is 8.26. The first-order chi connectivity index (χ1) is 3.83. The van der Waals surface area contributed by atoms with Gasteiger partial charge in [-0.15, -0.1) is 0 Å². The molecule has 0 saturated heterocycles. The molecule has 0 unspecified atom stereocenters. The van der Waals surface area contributed by atoms with E-state index in [4.69, 9.17) is 5.26 Å². The SMILES string of the molecule is Cn1[c]c(C#N)cc1. The molecule has 1 rings (SSSR count). The van der Waals surface area contributed by atoms with E-state index in [2.05, 4.69) is 6.20 Å². The first kappa shape index (κ1) is 4.92. The highest BCUT2D eigenvalue weighted by atomic mass is 14.9. The summed E-state index contributed by atoms with van der Waals surface area (Å²) < 4.78 is 1.72. The minimum atomic E-state index is 0.590. The molecule has 0 saturated carbocycles. The lowest BCUT2D eigenvalue weighted by atomic mass is 10.4. The molecular formula is C6H5N2. The fourth-order valence-electron chi connectivity index (χ4n) is 0.513. The molecule has 39 valence electrons. The number of hydrogen-bond donors (Lipinski definition) is 0. The van der Waals surface area contributed by atoms with Crippen LogP contribution in [0, 0.1) is 17.5 Å². The van der Waals surface area contributed by atoms with Gasteiger partial charge in [0.2, 0.25) is 0 Å². The van der Waals surface area contributed by atoms with Crippen LogP contribution in [0.15, 0.2) is 12.3 Å². The Labute approximate surface area is 48.0 Å². The highest BCUT2D eigenvalue weighted by molar-refractivity contribution is 5.23. The molecule has 0 aliphatic rings. The number of hydrogen-bond acceptors (Lipinski definition) is 1. The lowest BCUT2D eigenvalue weighted by Gasteiger charge is -1.78. The van der Waals surface area contributed by atoms with Crippen molar-refractivity contribution in [2.45, 2.75) is 0 Å². The summed E-state index contributed by atoms with van der Waals surface area (Å²) in [4.78, 5) is 0. The van der Waals surface area contributed by atoms with Crippen molar-refractivity contribution in [1.82, 2.24) is 4.57 Å². The maximum atomic E-state index is 8.26. The molecule has 0 spiro atoms. The summed E-state index contributed by atoms with van der Waals surface area (Å²) >= 11 is 0. The smallest absolute Gasteiger partial charge is 0.101 e. The van der Waals surface area contributed by atoms with Gasteiger partial charge in [-0.25, -0.2) is 0 Å². The molecule has 1 heterocycles. The van der Waals surface area contributed by atoms with Crippen LogP contribution in [-0.4, -0.2) is 4.57 Å². The molecule has 0 bridgehead atoms. The highest BCUT2D eigenvalue weighted by Crippen LogP contribution is 1.93. The molecule has 2 heteroatoms. The standard InChI is InChI=1S/C6H5N2/c1-8-3-2-6(4-7)5-8/h2-3H,1H3. The minimum Gasteiger partial charge on any atom is -0.348 e. The van der Waals surface area contributed by atoms with Gasteiger partial charge >= 0.3 is 0 Å². The minimum absolute atomic E-state index is 0.590. The molecule has 1 radical (unpaired) electrons. The monoisotopic (exact) mass is 105 g/mol. The van der Waals surface area contributed by atoms with Crippen LogP contribution in [0.3, 0.4) is 0 Å². The van der Waals surface area contributed by atoms with Crippen molar-refractivity contribution in [2.24, 2.45) is 7.05 Å². The predicted molar refractivity (Wildman–Crippen MR) is 29.0 cm³/mol. The average Bonchev–Trinajstić information content (AvgIpc) is 2.14. The van der Waals surface area contributed by atoms with Gasteiger partial charge in [-0.05, 0) is 6.07 Å². The Morgan fingerprint density at radius 1 is 1.88 bits per heavy atom. The zero-order valence-corrected chi connectivity index (χ0v) is 4.55. The number of nitrogens with zero attached hydrogens (tertiary/aromatic N) is 2. The fraction of sp³-hybridized carbons (Fsp3) is 0.167. The first-order valence-corrected chi connectivity index (χ1v) is 2.27. The van der Waals surface area contributed by atoms with E-state index >= 15 is 0 Å². The topological polar surface area (TPSA) is 28.7 Å². The maximum Gasteiger partial charge on any atom is 0.101 e. The van der Waals surface area contributed by atoms with E-state index < -0.39 is 0 Å². The van der Waals surface area contributed by atoms with Crippen molar-refractivity contribution in [2.75, 3.05) is 0 Å². The molecule has 1 aromatic rings. The number of nitriles is 1. The molecule has 0 fully saturated rings. The lowest BCUT2D eigenvalue weighted by Crippen LogP contribution is -1.78. The summed E-state index contributed by atoms with van der Waals surface area (Å²) in [5.41, 5.74) is 0.590. The highest BCUT2D eigenvalue weighted by Gasteiger charge is 1.87. The van der Waals surface area contributed by atoms with E-state index in [1.54, 1.807) is 16.8 Å². The van der Waals surface area contributed by atoms with Crippen LogP contribution in [0.5, 0.6) is 0 Å². The van der Waals surface area contributed by atoms with Crippen molar-refractivity contribution in [3.63, 3.8) is 0 Å². The Morgan fingerprint density at radius 2 is 2.62 bits per heavy atom. The Hall–Kier alpha value is -1.23. The third-order valence-electron chi connectivity index (χ3n) is 0.882. The van der Waals surface area contributed by atoms with Gasteiger partial charge in [0.1, 0.15) is 6.07 Å². The Morgan fingerprint density at radius 3 is 2.88 bits per heavy atom. The average molecular weight is 105 g/mol. The van der Waals surface area contributed by atoms with Crippen molar-refractivity contribution in [1.29, 1.82) is 5.26 Å². The van der Waals surface area contributed by atoms with Crippen molar-refractivity contribution in [3.8, 4) is 6.07 Å². The van der Waals surface area contributed by atoms with Gasteiger partial charge in [-0.2, -0.15) is 5.26 Å². The fourth-order valence-corrected chi connectivity index (χ4v) is 0.513. The van der Waals surface area contributed by atoms with E-state index in [-0.39, 0.29) is 0 Å². The van der Waals surface area contributed by atoms with E-state index in [9.17, 15) is 0 Å². The molecular weight excluding hydrogens is 100 g/mol. The van der Waals surface area contributed by atoms with Gasteiger partial charge < -0.3 is 4.57 Å². The second-order valence-electron chi connectivity index (χ2n) is 1.56. The van der Waals surface area contributed by atoms with Crippen LogP contribution < -0.4 is 0 Å². The van der Waals surface area contributed by atoms with Gasteiger partial charge in [0.05, 0.1) is 11.8 Å². The summed E-state index contributed by atoms with van der Waals surface area (Å²) in [7, 11) is 1.83. The molecule has 0 amide bonds. The van der Waals surface area contributed by atoms with Gasteiger partial charge in [-0.1, -0.05) is 0 Å². The van der Waals surface area contributed by atoms with Crippen LogP contribution in [-0.2, 0) is 7.05 Å². The van der Waals surface area contributed by atoms with E-state index in [0.29, 0.717) is 5.56 Å². The van der Waals surface area contributed by atoms with Gasteiger partial charge in [0.25, 0.3) is 0 Å². The van der Waals surface area contributed by atoms with Gasteiger partial charge in [0, 0.05) is 13.2 Å². The van der Waals surface area contributed by atoms with Crippen LogP contribution in [0.1, 0.15) is 5.56 Å². The van der Waals surface area contributed by atoms with Crippen molar-refractivity contribution < 1.29 is 0 Å². The Kier molecular flexibility index (Phi) is 1.05. The second kappa shape index (κ2) is 1.71. The number of rotatable bonds is 0. The Bertz CT molecular complexity index is 217. The zero-order chi connectivity index (χ0) is 5.98. The van der Waals surface area contributed by atoms with Crippen LogP contribution in [0.4, 0.5) is 0 Å². The Balaban J connectivity index is 3.05. The zero-order valence-electron chi connectivity index (χ0n) is 4.55. The van der Waals surface area contributed by atoms with Crippen molar-refractivity contribution in [3.05, 3.63) is 24.0 Å². The number of aryl methyl sites for hydroxylation is 1. The summed E-state index contributed by atoms with van der Waals surface area (Å²) in [6.07, 6.45) is 4.57. The molecule has 0 aromatic carbocycles. The summed E-state index contributed by atoms with van der Waals surface area (Å²) in [6, 6.07) is 3.69. The molecule has 1 aromatic heterocycles. The molecule has 8 heavy (non-hydrogen) atoms. The van der Waals surface area contributed by atoms with Gasteiger partial charge in [-0.3, -0.25) is 0 Å². The predicted octanol–water partition coefficient (Wildman–Crippen LogP) is 0.697. The summed E-state index contributed by atoms with van der Waals surface area (Å²) in [5.74, 6) is 0. The first-order valence-electron chi connectivity index (χ1n) is 2.27. The quantitative estimate of drug-likeness (QED) is 0.477. The van der Waals surface area contributed by atoms with Crippen LogP contribution >= 0.6 is 0 Å².